The number of imidazole rings is 1. The molecule has 3 aromatic rings. The number of hydrogen-bond acceptors (Lipinski definition) is 4. The first-order valence-corrected chi connectivity index (χ1v) is 7.09. The van der Waals surface area contributed by atoms with Gasteiger partial charge in [-0.3, -0.25) is 4.79 Å². The fourth-order valence-electron chi connectivity index (χ4n) is 2.37. The minimum Gasteiger partial charge on any atom is -0.497 e. The molecular weight excluding hydrogens is 292 g/mol. The first-order valence-electron chi connectivity index (χ1n) is 7.09. The minimum absolute atomic E-state index is 0.293. The van der Waals surface area contributed by atoms with Crippen LogP contribution in [0.3, 0.4) is 0 Å². The molecule has 3 rings (SSSR count). The summed E-state index contributed by atoms with van der Waals surface area (Å²) in [5.41, 5.74) is 3.35. The van der Waals surface area contributed by atoms with Crippen molar-refractivity contribution in [3.05, 3.63) is 54.4 Å². The molecule has 0 aliphatic carbocycles. The van der Waals surface area contributed by atoms with Gasteiger partial charge in [0.05, 0.1) is 25.6 Å². The van der Waals surface area contributed by atoms with Crippen LogP contribution in [-0.2, 0) is 0 Å². The number of nitrogens with zero attached hydrogens (tertiary/aromatic N) is 1. The quantitative estimate of drug-likeness (QED) is 0.732. The number of ether oxygens (including phenoxy) is 2. The van der Waals surface area contributed by atoms with Crippen LogP contribution < -0.4 is 9.47 Å². The molecule has 0 amide bonds. The van der Waals surface area contributed by atoms with Crippen LogP contribution >= 0.6 is 0 Å². The Morgan fingerprint density at radius 2 is 1.39 bits per heavy atom. The number of aromatic nitrogens is 2. The van der Waals surface area contributed by atoms with Crippen LogP contribution in [0.25, 0.3) is 22.5 Å². The number of nitrogens with one attached hydrogen (secondary N) is 1. The molecule has 0 saturated carbocycles. The van der Waals surface area contributed by atoms with Gasteiger partial charge in [0.25, 0.3) is 0 Å². The second kappa shape index (κ2) is 6.36. The van der Waals surface area contributed by atoms with Gasteiger partial charge < -0.3 is 14.5 Å². The largest absolute Gasteiger partial charge is 0.497 e. The third-order valence-electron chi connectivity index (χ3n) is 3.58. The summed E-state index contributed by atoms with van der Waals surface area (Å²) in [6.07, 6.45) is 0.708. The molecule has 5 nitrogen and oxygen atoms in total. The number of aldehydes is 1. The zero-order chi connectivity index (χ0) is 16.2. The minimum atomic E-state index is 0.293. The van der Waals surface area contributed by atoms with E-state index < -0.39 is 0 Å². The van der Waals surface area contributed by atoms with Crippen molar-refractivity contribution in [3.8, 4) is 34.0 Å². The Hall–Kier alpha value is -3.08. The van der Waals surface area contributed by atoms with E-state index in [0.29, 0.717) is 12.1 Å². The number of rotatable bonds is 5. The fourth-order valence-corrected chi connectivity index (χ4v) is 2.37. The Morgan fingerprint density at radius 3 is 1.87 bits per heavy atom. The highest BCUT2D eigenvalue weighted by atomic mass is 16.5. The molecule has 5 heteroatoms. The van der Waals surface area contributed by atoms with Gasteiger partial charge in [-0.15, -0.1) is 0 Å². The molecule has 1 N–H and O–H groups in total. The highest BCUT2D eigenvalue weighted by molar-refractivity contribution is 5.83. The normalized spacial score (nSPS) is 10.3. The van der Waals surface area contributed by atoms with E-state index in [-0.39, 0.29) is 0 Å². The SMILES string of the molecule is COc1ccc(-c2nc(C=O)[nH]c2-c2ccc(OC)cc2)cc1. The Balaban J connectivity index is 2.08. The third-order valence-corrected chi connectivity index (χ3v) is 3.58. The van der Waals surface area contributed by atoms with Crippen LogP contribution in [0.15, 0.2) is 48.5 Å². The van der Waals surface area contributed by atoms with Crippen molar-refractivity contribution >= 4 is 6.29 Å². The van der Waals surface area contributed by atoms with Crippen molar-refractivity contribution in [2.75, 3.05) is 14.2 Å². The molecular formula is C18H16N2O3. The van der Waals surface area contributed by atoms with Crippen LogP contribution in [0, 0.1) is 0 Å². The highest BCUT2D eigenvalue weighted by Crippen LogP contribution is 2.31. The van der Waals surface area contributed by atoms with Crippen LogP contribution in [-0.4, -0.2) is 30.5 Å². The molecule has 1 aromatic heterocycles. The number of methoxy groups -OCH3 is 2. The van der Waals surface area contributed by atoms with Gasteiger partial charge in [0.2, 0.25) is 0 Å². The van der Waals surface area contributed by atoms with E-state index in [1.54, 1.807) is 14.2 Å². The zero-order valence-corrected chi connectivity index (χ0v) is 12.9. The van der Waals surface area contributed by atoms with Gasteiger partial charge in [0.1, 0.15) is 11.5 Å². The van der Waals surface area contributed by atoms with Gasteiger partial charge in [0.15, 0.2) is 12.1 Å². The number of carbonyl (C=O) groups is 1. The number of H-pyrrole nitrogens is 1. The van der Waals surface area contributed by atoms with E-state index in [2.05, 4.69) is 9.97 Å². The summed E-state index contributed by atoms with van der Waals surface area (Å²) < 4.78 is 10.3. The summed E-state index contributed by atoms with van der Waals surface area (Å²) in [6.45, 7) is 0. The average molecular weight is 308 g/mol. The lowest BCUT2D eigenvalue weighted by Gasteiger charge is -2.06. The molecule has 0 radical (unpaired) electrons. The standard InChI is InChI=1S/C18H16N2O3/c1-22-14-7-3-12(4-8-14)17-18(20-16(11-21)19-17)13-5-9-15(23-2)10-6-13/h3-11H,1-2H3,(H,19,20). The molecule has 0 bridgehead atoms. The predicted octanol–water partition coefficient (Wildman–Crippen LogP) is 3.57. The number of aromatic amines is 1. The molecule has 116 valence electrons. The molecule has 0 saturated heterocycles. The Bertz CT molecular complexity index is 740. The van der Waals surface area contributed by atoms with Crippen molar-refractivity contribution in [1.29, 1.82) is 0 Å². The molecule has 2 aromatic carbocycles. The van der Waals surface area contributed by atoms with Gasteiger partial charge in [-0.25, -0.2) is 4.98 Å². The number of carbonyl (C=O) groups excluding carboxylic acids is 1. The molecule has 1 heterocycles. The lowest BCUT2D eigenvalue weighted by Crippen LogP contribution is -1.87. The number of benzene rings is 2. The second-order valence-corrected chi connectivity index (χ2v) is 4.92. The topological polar surface area (TPSA) is 64.2 Å². The Kier molecular flexibility index (Phi) is 4.10. The number of hydrogen-bond donors (Lipinski definition) is 1. The average Bonchev–Trinajstić information content (AvgIpc) is 3.06. The maximum atomic E-state index is 11.1. The summed E-state index contributed by atoms with van der Waals surface area (Å²) in [5.74, 6) is 1.84. The monoisotopic (exact) mass is 308 g/mol. The van der Waals surface area contributed by atoms with Crippen LogP contribution in [0.4, 0.5) is 0 Å². The van der Waals surface area contributed by atoms with Crippen molar-refractivity contribution in [3.63, 3.8) is 0 Å². The summed E-state index contributed by atoms with van der Waals surface area (Å²) in [6, 6.07) is 15.1. The van der Waals surface area contributed by atoms with E-state index in [4.69, 9.17) is 9.47 Å². The molecule has 0 fully saturated rings. The van der Waals surface area contributed by atoms with E-state index in [9.17, 15) is 4.79 Å². The van der Waals surface area contributed by atoms with Gasteiger partial charge in [-0.05, 0) is 48.5 Å². The van der Waals surface area contributed by atoms with Crippen molar-refractivity contribution in [1.82, 2.24) is 9.97 Å². The molecule has 23 heavy (non-hydrogen) atoms. The Morgan fingerprint density at radius 1 is 0.870 bits per heavy atom. The lowest BCUT2D eigenvalue weighted by molar-refractivity contribution is 0.111. The predicted molar refractivity (Wildman–Crippen MR) is 88.0 cm³/mol. The summed E-state index contributed by atoms with van der Waals surface area (Å²) in [4.78, 5) is 18.5. The maximum Gasteiger partial charge on any atom is 0.185 e. The van der Waals surface area contributed by atoms with Crippen molar-refractivity contribution in [2.24, 2.45) is 0 Å². The van der Waals surface area contributed by atoms with Crippen LogP contribution in [0.5, 0.6) is 11.5 Å². The highest BCUT2D eigenvalue weighted by Gasteiger charge is 2.14. The van der Waals surface area contributed by atoms with Gasteiger partial charge in [-0.1, -0.05) is 0 Å². The first-order chi connectivity index (χ1) is 11.2. The molecule has 0 aliphatic rings. The smallest absolute Gasteiger partial charge is 0.185 e. The molecule has 0 unspecified atom stereocenters. The van der Waals surface area contributed by atoms with Gasteiger partial charge in [0, 0.05) is 11.1 Å². The third kappa shape index (κ3) is 2.94. The first kappa shape index (κ1) is 14.8. The summed E-state index contributed by atoms with van der Waals surface area (Å²) in [7, 11) is 3.25. The van der Waals surface area contributed by atoms with E-state index in [1.807, 2.05) is 48.5 Å². The van der Waals surface area contributed by atoms with Crippen LogP contribution in [0.1, 0.15) is 10.6 Å². The van der Waals surface area contributed by atoms with Crippen molar-refractivity contribution in [2.45, 2.75) is 0 Å². The summed E-state index contributed by atoms with van der Waals surface area (Å²) in [5, 5.41) is 0. The maximum absolute atomic E-state index is 11.1. The van der Waals surface area contributed by atoms with E-state index in [1.165, 1.54) is 0 Å². The van der Waals surface area contributed by atoms with E-state index in [0.717, 1.165) is 34.0 Å². The molecule has 0 atom stereocenters. The summed E-state index contributed by atoms with van der Waals surface area (Å²) >= 11 is 0. The fraction of sp³-hybridized carbons (Fsp3) is 0.111. The molecule has 0 aliphatic heterocycles. The van der Waals surface area contributed by atoms with Gasteiger partial charge in [-0.2, -0.15) is 0 Å². The zero-order valence-electron chi connectivity index (χ0n) is 12.9. The Labute approximate surface area is 133 Å². The van der Waals surface area contributed by atoms with Crippen molar-refractivity contribution < 1.29 is 14.3 Å². The molecule has 0 spiro atoms. The van der Waals surface area contributed by atoms with E-state index >= 15 is 0 Å². The lowest BCUT2D eigenvalue weighted by atomic mass is 10.0. The van der Waals surface area contributed by atoms with Crippen LogP contribution in [0.2, 0.25) is 0 Å². The second-order valence-electron chi connectivity index (χ2n) is 4.92. The van der Waals surface area contributed by atoms with Gasteiger partial charge >= 0.3 is 0 Å².